The molecule has 0 aliphatic carbocycles. The number of rotatable bonds is 3. The number of hydrogen-bond acceptors (Lipinski definition) is 6. The van der Waals surface area contributed by atoms with Gasteiger partial charge in [-0.15, -0.1) is 22.7 Å². The topological polar surface area (TPSA) is 68.3 Å². The maximum atomic E-state index is 12.2. The van der Waals surface area contributed by atoms with Gasteiger partial charge in [0.2, 0.25) is 0 Å². The van der Waals surface area contributed by atoms with Crippen molar-refractivity contribution >= 4 is 39.6 Å². The molecule has 0 radical (unpaired) electrons. The Morgan fingerprint density at radius 3 is 2.50 bits per heavy atom. The molecule has 0 fully saturated rings. The lowest BCUT2D eigenvalue weighted by molar-refractivity contribution is 0.0602. The largest absolute Gasteiger partial charge is 0.465 e. The Morgan fingerprint density at radius 1 is 1.32 bits per heavy atom. The van der Waals surface area contributed by atoms with E-state index in [-0.39, 0.29) is 11.3 Å². The molecule has 0 atom stereocenters. The number of carbonyl (C=O) groups is 2. The van der Waals surface area contributed by atoms with E-state index in [4.69, 9.17) is 4.74 Å². The number of anilines is 1. The summed E-state index contributed by atoms with van der Waals surface area (Å²) >= 11 is 2.79. The zero-order chi connectivity index (χ0) is 16.5. The van der Waals surface area contributed by atoms with Crippen molar-refractivity contribution in [3.8, 4) is 0 Å². The van der Waals surface area contributed by atoms with Crippen molar-refractivity contribution in [2.45, 2.75) is 33.1 Å². The number of nitrogens with zero attached hydrogens (tertiary/aromatic N) is 1. The van der Waals surface area contributed by atoms with Crippen LogP contribution >= 0.6 is 22.7 Å². The van der Waals surface area contributed by atoms with E-state index in [1.807, 2.05) is 6.92 Å². The molecule has 22 heavy (non-hydrogen) atoms. The van der Waals surface area contributed by atoms with Crippen LogP contribution in [-0.4, -0.2) is 24.0 Å². The first-order valence-corrected chi connectivity index (χ1v) is 8.38. The minimum atomic E-state index is -0.462. The molecule has 2 aromatic heterocycles. The molecule has 0 unspecified atom stereocenters. The fourth-order valence-electron chi connectivity index (χ4n) is 1.75. The van der Waals surface area contributed by atoms with E-state index in [1.54, 1.807) is 11.4 Å². The standard InChI is InChI=1S/C15H18N2O3S2/c1-8-16-10(7-21-8)12(18)17-13-9(14(19)20-5)6-11(22-13)15(2,3)4/h6-7H,1-5H3,(H,17,18). The predicted molar refractivity (Wildman–Crippen MR) is 89.2 cm³/mol. The smallest absolute Gasteiger partial charge is 0.340 e. The summed E-state index contributed by atoms with van der Waals surface area (Å²) in [5.41, 5.74) is 0.606. The van der Waals surface area contributed by atoms with Gasteiger partial charge >= 0.3 is 5.97 Å². The number of esters is 1. The lowest BCUT2D eigenvalue weighted by atomic mass is 9.94. The van der Waals surface area contributed by atoms with Crippen LogP contribution in [0.2, 0.25) is 0 Å². The number of nitrogens with one attached hydrogen (secondary N) is 1. The zero-order valence-corrected chi connectivity index (χ0v) is 14.8. The number of hydrogen-bond donors (Lipinski definition) is 1. The second kappa shape index (κ2) is 6.18. The van der Waals surface area contributed by atoms with Crippen molar-refractivity contribution in [1.29, 1.82) is 0 Å². The van der Waals surface area contributed by atoms with Crippen LogP contribution in [0.1, 0.15) is 51.5 Å². The molecule has 2 heterocycles. The molecule has 0 saturated carbocycles. The van der Waals surface area contributed by atoms with Gasteiger partial charge in [-0.2, -0.15) is 0 Å². The molecular weight excluding hydrogens is 320 g/mol. The van der Waals surface area contributed by atoms with E-state index in [0.717, 1.165) is 9.88 Å². The highest BCUT2D eigenvalue weighted by molar-refractivity contribution is 7.17. The molecule has 0 spiro atoms. The number of ether oxygens (including phenoxy) is 1. The average molecular weight is 338 g/mol. The van der Waals surface area contributed by atoms with Crippen LogP contribution in [0, 0.1) is 6.92 Å². The second-order valence-electron chi connectivity index (χ2n) is 5.80. The molecule has 0 saturated heterocycles. The molecule has 2 aromatic rings. The number of aromatic nitrogens is 1. The van der Waals surface area contributed by atoms with E-state index in [0.29, 0.717) is 16.3 Å². The van der Waals surface area contributed by atoms with Gasteiger partial charge in [-0.1, -0.05) is 20.8 Å². The first-order valence-electron chi connectivity index (χ1n) is 6.68. The maximum Gasteiger partial charge on any atom is 0.340 e. The van der Waals surface area contributed by atoms with E-state index >= 15 is 0 Å². The molecule has 118 valence electrons. The molecule has 7 heteroatoms. The van der Waals surface area contributed by atoms with Crippen molar-refractivity contribution in [3.05, 3.63) is 32.6 Å². The molecular formula is C15H18N2O3S2. The maximum absolute atomic E-state index is 12.2. The Hall–Kier alpha value is -1.73. The molecule has 1 N–H and O–H groups in total. The molecule has 0 bridgehead atoms. The summed E-state index contributed by atoms with van der Waals surface area (Å²) in [4.78, 5) is 29.3. The minimum Gasteiger partial charge on any atom is -0.465 e. The third kappa shape index (κ3) is 3.53. The van der Waals surface area contributed by atoms with Gasteiger partial charge in [-0.25, -0.2) is 9.78 Å². The van der Waals surface area contributed by atoms with Crippen LogP contribution in [-0.2, 0) is 10.2 Å². The van der Waals surface area contributed by atoms with Crippen LogP contribution in [0.5, 0.6) is 0 Å². The summed E-state index contributed by atoms with van der Waals surface area (Å²) in [6.45, 7) is 7.99. The normalized spacial score (nSPS) is 11.3. The predicted octanol–water partition coefficient (Wildman–Crippen LogP) is 3.85. The van der Waals surface area contributed by atoms with Gasteiger partial charge in [0.1, 0.15) is 10.7 Å². The van der Waals surface area contributed by atoms with E-state index in [2.05, 4.69) is 31.1 Å². The summed E-state index contributed by atoms with van der Waals surface area (Å²) in [5, 5.41) is 5.78. The van der Waals surface area contributed by atoms with Crippen molar-refractivity contribution in [2.24, 2.45) is 0 Å². The van der Waals surface area contributed by atoms with Crippen LogP contribution in [0.15, 0.2) is 11.4 Å². The average Bonchev–Trinajstić information content (AvgIpc) is 3.04. The Balaban J connectivity index is 2.34. The van der Waals surface area contributed by atoms with Gasteiger partial charge in [-0.3, -0.25) is 4.79 Å². The van der Waals surface area contributed by atoms with E-state index in [1.165, 1.54) is 29.8 Å². The molecule has 0 aliphatic heterocycles. The van der Waals surface area contributed by atoms with Gasteiger partial charge in [0.15, 0.2) is 0 Å². The molecule has 5 nitrogen and oxygen atoms in total. The summed E-state index contributed by atoms with van der Waals surface area (Å²) in [5.74, 6) is -0.784. The SMILES string of the molecule is COC(=O)c1cc(C(C)(C)C)sc1NC(=O)c1csc(C)n1. The van der Waals surface area contributed by atoms with Crippen molar-refractivity contribution in [3.63, 3.8) is 0 Å². The Morgan fingerprint density at radius 2 is 2.00 bits per heavy atom. The number of thiophene rings is 1. The lowest BCUT2D eigenvalue weighted by Crippen LogP contribution is -2.14. The van der Waals surface area contributed by atoms with Crippen LogP contribution in [0.4, 0.5) is 5.00 Å². The van der Waals surface area contributed by atoms with Gasteiger partial charge < -0.3 is 10.1 Å². The van der Waals surface area contributed by atoms with Crippen molar-refractivity contribution in [2.75, 3.05) is 12.4 Å². The van der Waals surface area contributed by atoms with Crippen molar-refractivity contribution < 1.29 is 14.3 Å². The van der Waals surface area contributed by atoms with E-state index in [9.17, 15) is 9.59 Å². The minimum absolute atomic E-state index is 0.117. The molecule has 0 aliphatic rings. The van der Waals surface area contributed by atoms with Gasteiger partial charge in [-0.05, 0) is 18.4 Å². The quantitative estimate of drug-likeness (QED) is 0.863. The Labute approximate surface area is 137 Å². The monoisotopic (exact) mass is 338 g/mol. The van der Waals surface area contributed by atoms with Crippen molar-refractivity contribution in [1.82, 2.24) is 4.98 Å². The second-order valence-corrected chi connectivity index (χ2v) is 7.92. The molecule has 1 amide bonds. The molecule has 2 rings (SSSR count). The fraction of sp³-hybridized carbons (Fsp3) is 0.400. The van der Waals surface area contributed by atoms with Gasteiger partial charge in [0.25, 0.3) is 5.91 Å². The molecule has 0 aromatic carbocycles. The van der Waals surface area contributed by atoms with Crippen LogP contribution < -0.4 is 5.32 Å². The van der Waals surface area contributed by atoms with Gasteiger partial charge in [0.05, 0.1) is 17.7 Å². The highest BCUT2D eigenvalue weighted by atomic mass is 32.1. The van der Waals surface area contributed by atoms with Crippen LogP contribution in [0.25, 0.3) is 0 Å². The zero-order valence-electron chi connectivity index (χ0n) is 13.1. The number of amides is 1. The lowest BCUT2D eigenvalue weighted by Gasteiger charge is -2.15. The highest BCUT2D eigenvalue weighted by Gasteiger charge is 2.25. The number of carbonyl (C=O) groups excluding carboxylic acids is 2. The number of methoxy groups -OCH3 is 1. The summed E-state index contributed by atoms with van der Waals surface area (Å²) in [7, 11) is 1.33. The summed E-state index contributed by atoms with van der Waals surface area (Å²) in [6.07, 6.45) is 0. The van der Waals surface area contributed by atoms with Gasteiger partial charge in [0, 0.05) is 10.3 Å². The third-order valence-corrected chi connectivity index (χ3v) is 5.21. The highest BCUT2D eigenvalue weighted by Crippen LogP contribution is 2.36. The van der Waals surface area contributed by atoms with Crippen LogP contribution in [0.3, 0.4) is 0 Å². The Bertz CT molecular complexity index is 711. The third-order valence-electron chi connectivity index (χ3n) is 2.96. The summed E-state index contributed by atoms with van der Waals surface area (Å²) < 4.78 is 4.80. The first kappa shape index (κ1) is 16.6. The van der Waals surface area contributed by atoms with E-state index < -0.39 is 5.97 Å². The summed E-state index contributed by atoms with van der Waals surface area (Å²) in [6, 6.07) is 1.78. The first-order chi connectivity index (χ1) is 10.2. The Kier molecular flexibility index (Phi) is 4.67. The fourth-order valence-corrected chi connectivity index (χ4v) is 3.44. The number of thiazole rings is 1. The number of aryl methyl sites for hydroxylation is 1.